The fraction of sp³-hybridized carbons (Fsp3) is 0.486. The summed E-state index contributed by atoms with van der Waals surface area (Å²) in [5, 5.41) is 22.6. The summed E-state index contributed by atoms with van der Waals surface area (Å²) in [5.41, 5.74) is 2.41. The number of fused-ring (bicyclic) bond motifs is 1. The number of nitrogens with zero attached hydrogens (tertiary/aromatic N) is 3. The molecular weight excluding hydrogens is 616 g/mol. The number of urea groups is 2. The molecular formula is C35H48N6O7. The van der Waals surface area contributed by atoms with Crippen LogP contribution in [0.3, 0.4) is 0 Å². The van der Waals surface area contributed by atoms with Crippen molar-refractivity contribution in [3.05, 3.63) is 65.5 Å². The zero-order valence-electron chi connectivity index (χ0n) is 28.6. The van der Waals surface area contributed by atoms with Crippen LogP contribution in [0.5, 0.6) is 5.75 Å². The molecule has 13 heteroatoms. The molecule has 4 rings (SSSR count). The normalized spacial score (nSPS) is 19.7. The van der Waals surface area contributed by atoms with Gasteiger partial charge in [0, 0.05) is 44.0 Å². The van der Waals surface area contributed by atoms with E-state index in [1.165, 1.54) is 0 Å². The van der Waals surface area contributed by atoms with Crippen LogP contribution in [0.25, 0.3) is 0 Å². The quantitative estimate of drug-likeness (QED) is 0.243. The first-order chi connectivity index (χ1) is 23.0. The van der Waals surface area contributed by atoms with Crippen molar-refractivity contribution in [3.63, 3.8) is 0 Å². The second-order valence-electron chi connectivity index (χ2n) is 12.5. The Balaban J connectivity index is 1.58. The Labute approximate surface area is 281 Å². The van der Waals surface area contributed by atoms with E-state index in [2.05, 4.69) is 21.1 Å². The van der Waals surface area contributed by atoms with Gasteiger partial charge in [0.2, 0.25) is 0 Å². The highest BCUT2D eigenvalue weighted by Gasteiger charge is 2.31. The zero-order chi connectivity index (χ0) is 34.8. The lowest BCUT2D eigenvalue weighted by Gasteiger charge is -2.35. The summed E-state index contributed by atoms with van der Waals surface area (Å²) in [7, 11) is 1.69. The van der Waals surface area contributed by atoms with Crippen LogP contribution in [0.1, 0.15) is 61.8 Å². The van der Waals surface area contributed by atoms with Gasteiger partial charge in [0.05, 0.1) is 30.4 Å². The van der Waals surface area contributed by atoms with Gasteiger partial charge >= 0.3 is 12.1 Å². The number of rotatable bonds is 7. The number of carbonyl (C=O) groups is 3. The first-order valence-corrected chi connectivity index (χ1v) is 16.4. The van der Waals surface area contributed by atoms with Crippen LogP contribution in [0.2, 0.25) is 0 Å². The standard InChI is InChI=1S/C35H48N6O7/c1-22-19-41(23(2)21-42)33(43)29-18-28(37-34(44)36-27-13-8-7-9-14-27)15-16-30(29)47-24(3)12-10-11-17-46-31(22)20-40(6)35(45)38-32-25(4)39-48-26(32)5/h7-9,13-16,18,22-24,31,42H,10-12,17,19-21H2,1-6H3,(H,38,45)(H2,36,37,44)/t22-,23-,24+,31-/m0/s1. The number of para-hydroxylation sites is 1. The number of hydrogen-bond donors (Lipinski definition) is 4. The maximum Gasteiger partial charge on any atom is 0.323 e. The predicted octanol–water partition coefficient (Wildman–Crippen LogP) is 5.89. The molecule has 0 aliphatic carbocycles. The molecule has 0 bridgehead atoms. The fourth-order valence-electron chi connectivity index (χ4n) is 5.49. The topological polar surface area (TPSA) is 158 Å². The van der Waals surface area contributed by atoms with E-state index in [0.29, 0.717) is 40.9 Å². The molecule has 260 valence electrons. The lowest BCUT2D eigenvalue weighted by atomic mass is 10.0. The number of aromatic nitrogens is 1. The summed E-state index contributed by atoms with van der Waals surface area (Å²) in [5.74, 6) is 0.307. The van der Waals surface area contributed by atoms with Gasteiger partial charge in [-0.05, 0) is 77.3 Å². The monoisotopic (exact) mass is 664 g/mol. The van der Waals surface area contributed by atoms with E-state index < -0.39 is 18.2 Å². The van der Waals surface area contributed by atoms with Gasteiger partial charge in [0.25, 0.3) is 5.91 Å². The van der Waals surface area contributed by atoms with E-state index in [1.54, 1.807) is 68.0 Å². The molecule has 0 fully saturated rings. The number of aliphatic hydroxyl groups excluding tert-OH is 1. The summed E-state index contributed by atoms with van der Waals surface area (Å²) in [6.45, 7) is 9.86. The summed E-state index contributed by atoms with van der Waals surface area (Å²) in [4.78, 5) is 43.4. The van der Waals surface area contributed by atoms with Crippen molar-refractivity contribution in [2.45, 2.75) is 72.1 Å². The summed E-state index contributed by atoms with van der Waals surface area (Å²) in [6, 6.07) is 12.7. The predicted molar refractivity (Wildman–Crippen MR) is 184 cm³/mol. The number of ether oxygens (including phenoxy) is 2. The molecule has 0 spiro atoms. The number of benzene rings is 2. The molecule has 5 amide bonds. The van der Waals surface area contributed by atoms with Gasteiger partial charge < -0.3 is 44.9 Å². The minimum absolute atomic E-state index is 0.197. The molecule has 0 saturated carbocycles. The van der Waals surface area contributed by atoms with Crippen LogP contribution in [0.4, 0.5) is 26.7 Å². The van der Waals surface area contributed by atoms with Crippen molar-refractivity contribution in [1.29, 1.82) is 0 Å². The molecule has 4 N–H and O–H groups in total. The number of likely N-dealkylation sites (N-methyl/N-ethyl adjacent to an activating group) is 1. The Morgan fingerprint density at radius 1 is 1.06 bits per heavy atom. The van der Waals surface area contributed by atoms with Crippen LogP contribution in [0.15, 0.2) is 53.1 Å². The van der Waals surface area contributed by atoms with Crippen molar-refractivity contribution >= 4 is 35.0 Å². The molecule has 4 atom stereocenters. The Morgan fingerprint density at radius 2 is 1.79 bits per heavy atom. The third kappa shape index (κ3) is 9.71. The lowest BCUT2D eigenvalue weighted by molar-refractivity contribution is -0.0115. The molecule has 13 nitrogen and oxygen atoms in total. The molecule has 1 aliphatic rings. The maximum absolute atomic E-state index is 14.3. The average molecular weight is 665 g/mol. The van der Waals surface area contributed by atoms with Crippen LogP contribution in [0, 0.1) is 19.8 Å². The van der Waals surface area contributed by atoms with E-state index in [-0.39, 0.29) is 49.2 Å². The van der Waals surface area contributed by atoms with Gasteiger partial charge in [-0.25, -0.2) is 9.59 Å². The number of anilines is 3. The molecule has 2 aromatic carbocycles. The van der Waals surface area contributed by atoms with Gasteiger partial charge in [-0.3, -0.25) is 4.79 Å². The van der Waals surface area contributed by atoms with Crippen molar-refractivity contribution in [1.82, 2.24) is 15.0 Å². The molecule has 0 unspecified atom stereocenters. The van der Waals surface area contributed by atoms with Crippen molar-refractivity contribution < 1.29 is 33.5 Å². The highest BCUT2D eigenvalue weighted by atomic mass is 16.5. The van der Waals surface area contributed by atoms with Crippen molar-refractivity contribution in [2.24, 2.45) is 5.92 Å². The number of amides is 5. The van der Waals surface area contributed by atoms with Crippen LogP contribution >= 0.6 is 0 Å². The van der Waals surface area contributed by atoms with Gasteiger partial charge in [0.15, 0.2) is 5.76 Å². The minimum Gasteiger partial charge on any atom is -0.490 e. The van der Waals surface area contributed by atoms with E-state index >= 15 is 0 Å². The minimum atomic E-state index is -0.544. The fourth-order valence-corrected chi connectivity index (χ4v) is 5.49. The molecule has 0 radical (unpaired) electrons. The Bertz CT molecular complexity index is 1510. The smallest absolute Gasteiger partial charge is 0.323 e. The van der Waals surface area contributed by atoms with Gasteiger partial charge in [0.1, 0.15) is 17.1 Å². The van der Waals surface area contributed by atoms with Gasteiger partial charge in [-0.1, -0.05) is 30.3 Å². The third-order valence-electron chi connectivity index (χ3n) is 8.41. The second kappa shape index (κ2) is 17.0. The first-order valence-electron chi connectivity index (χ1n) is 16.4. The van der Waals surface area contributed by atoms with E-state index in [4.69, 9.17) is 14.0 Å². The highest BCUT2D eigenvalue weighted by molar-refractivity contribution is 6.02. The molecule has 3 aromatic rings. The first kappa shape index (κ1) is 36.2. The largest absolute Gasteiger partial charge is 0.490 e. The molecule has 48 heavy (non-hydrogen) atoms. The number of nitrogens with one attached hydrogen (secondary N) is 3. The SMILES string of the molecule is Cc1noc(C)c1NC(=O)N(C)C[C@@H]1OCCCC[C@@H](C)Oc2ccc(NC(=O)Nc3ccccc3)cc2C(=O)N([C@@H](C)CO)C[C@@H]1C. The third-order valence-corrected chi connectivity index (χ3v) is 8.41. The lowest BCUT2D eigenvalue weighted by Crippen LogP contribution is -2.48. The van der Waals surface area contributed by atoms with Gasteiger partial charge in [-0.15, -0.1) is 0 Å². The summed E-state index contributed by atoms with van der Waals surface area (Å²) < 4.78 is 17.8. The number of aliphatic hydroxyl groups is 1. The highest BCUT2D eigenvalue weighted by Crippen LogP contribution is 2.29. The maximum atomic E-state index is 14.3. The van der Waals surface area contributed by atoms with Crippen LogP contribution in [-0.2, 0) is 4.74 Å². The van der Waals surface area contributed by atoms with Crippen molar-refractivity contribution in [2.75, 3.05) is 49.3 Å². The Morgan fingerprint density at radius 3 is 2.48 bits per heavy atom. The van der Waals surface area contributed by atoms with E-state index in [9.17, 15) is 19.5 Å². The molecule has 1 aliphatic heterocycles. The Hall–Kier alpha value is -4.62. The molecule has 1 aromatic heterocycles. The second-order valence-corrected chi connectivity index (χ2v) is 12.5. The summed E-state index contributed by atoms with van der Waals surface area (Å²) >= 11 is 0. The molecule has 2 heterocycles. The van der Waals surface area contributed by atoms with Crippen LogP contribution in [-0.4, -0.2) is 89.6 Å². The van der Waals surface area contributed by atoms with Crippen molar-refractivity contribution in [3.8, 4) is 5.75 Å². The molecule has 0 saturated heterocycles. The number of aryl methyl sites for hydroxylation is 2. The van der Waals surface area contributed by atoms with E-state index in [0.717, 1.165) is 19.3 Å². The summed E-state index contributed by atoms with van der Waals surface area (Å²) in [6.07, 6.45) is 1.73. The van der Waals surface area contributed by atoms with E-state index in [1.807, 2.05) is 32.0 Å². The van der Waals surface area contributed by atoms with Crippen LogP contribution < -0.4 is 20.7 Å². The van der Waals surface area contributed by atoms with Gasteiger partial charge in [-0.2, -0.15) is 0 Å². The number of carbonyl (C=O) groups excluding carboxylic acids is 3. The number of hydrogen-bond acceptors (Lipinski definition) is 8. The Kier molecular flexibility index (Phi) is 12.8. The zero-order valence-corrected chi connectivity index (χ0v) is 28.6. The average Bonchev–Trinajstić information content (AvgIpc) is 3.38.